The zero-order valence-electron chi connectivity index (χ0n) is 11.3. The number of furan rings is 1. The number of sulfone groups is 1. The van der Waals surface area contributed by atoms with E-state index >= 15 is 0 Å². The number of para-hydroxylation sites is 1. The summed E-state index contributed by atoms with van der Waals surface area (Å²) in [7, 11) is -3.96. The van der Waals surface area contributed by atoms with Crippen LogP contribution in [0.15, 0.2) is 69.1 Å². The van der Waals surface area contributed by atoms with Crippen molar-refractivity contribution in [2.75, 3.05) is 0 Å². The van der Waals surface area contributed by atoms with E-state index in [4.69, 9.17) is 4.42 Å². The smallest absolute Gasteiger partial charge is 0.233 e. The zero-order valence-corrected chi connectivity index (χ0v) is 12.1. The van der Waals surface area contributed by atoms with E-state index in [2.05, 4.69) is 4.98 Å². The van der Waals surface area contributed by atoms with Gasteiger partial charge in [0.1, 0.15) is 17.4 Å². The number of hydrogen-bond acceptors (Lipinski definition) is 5. The van der Waals surface area contributed by atoms with E-state index in [1.165, 1.54) is 18.3 Å². The van der Waals surface area contributed by atoms with E-state index in [0.717, 1.165) is 5.39 Å². The third-order valence-corrected chi connectivity index (χ3v) is 4.61. The molecule has 22 heavy (non-hydrogen) atoms. The molecule has 0 aliphatic heterocycles. The van der Waals surface area contributed by atoms with Crippen molar-refractivity contribution in [3.63, 3.8) is 0 Å². The lowest BCUT2D eigenvalue weighted by Gasteiger charge is -2.00. The van der Waals surface area contributed by atoms with Gasteiger partial charge in [-0.25, -0.2) is 13.4 Å². The predicted octanol–water partition coefficient (Wildman–Crippen LogP) is 3.17. The van der Waals surface area contributed by atoms with Crippen molar-refractivity contribution in [3.05, 3.63) is 65.4 Å². The lowest BCUT2D eigenvalue weighted by atomic mass is 10.2. The first-order chi connectivity index (χ1) is 10.6. The summed E-state index contributed by atoms with van der Waals surface area (Å²) < 4.78 is 30.3. The second kappa shape index (κ2) is 5.47. The summed E-state index contributed by atoms with van der Waals surface area (Å²) in [5.74, 6) is 0.303. The Hall–Kier alpha value is -2.91. The van der Waals surface area contributed by atoms with Gasteiger partial charge in [-0.15, -0.1) is 0 Å². The lowest BCUT2D eigenvalue weighted by molar-refractivity contribution is 0.596. The van der Waals surface area contributed by atoms with Gasteiger partial charge >= 0.3 is 0 Å². The molecule has 6 heteroatoms. The average Bonchev–Trinajstić information content (AvgIpc) is 2.95. The molecule has 0 saturated carbocycles. The van der Waals surface area contributed by atoms with Crippen LogP contribution in [0.3, 0.4) is 0 Å². The monoisotopic (exact) mass is 310 g/mol. The van der Waals surface area contributed by atoms with Crippen molar-refractivity contribution < 1.29 is 12.8 Å². The highest BCUT2D eigenvalue weighted by molar-refractivity contribution is 7.95. The van der Waals surface area contributed by atoms with Crippen LogP contribution in [0.1, 0.15) is 5.76 Å². The Morgan fingerprint density at radius 2 is 1.95 bits per heavy atom. The molecule has 1 aromatic carbocycles. The van der Waals surface area contributed by atoms with Gasteiger partial charge in [-0.3, -0.25) is 0 Å². The molecular weight excluding hydrogens is 300 g/mol. The molecule has 0 bridgehead atoms. The summed E-state index contributed by atoms with van der Waals surface area (Å²) >= 11 is 0. The fraction of sp³-hybridized carbons (Fsp3) is 0. The maximum Gasteiger partial charge on any atom is 0.233 e. The van der Waals surface area contributed by atoms with Gasteiger partial charge in [0.15, 0.2) is 9.93 Å². The molecule has 2 aromatic heterocycles. The number of nitrogens with zero attached hydrogens (tertiary/aromatic N) is 2. The molecule has 5 nitrogen and oxygen atoms in total. The van der Waals surface area contributed by atoms with Gasteiger partial charge in [-0.05, 0) is 24.3 Å². The quantitative estimate of drug-likeness (QED) is 0.694. The molecule has 0 amide bonds. The Bertz CT molecular complexity index is 964. The molecule has 0 saturated heterocycles. The van der Waals surface area contributed by atoms with Gasteiger partial charge in [0.05, 0.1) is 0 Å². The molecule has 2 heterocycles. The SMILES string of the molecule is N#C/C(=C/c1cc2ccccc2o1)S(=O)(=O)c1ccccn1. The van der Waals surface area contributed by atoms with Gasteiger partial charge in [0, 0.05) is 17.7 Å². The predicted molar refractivity (Wildman–Crippen MR) is 81.2 cm³/mol. The van der Waals surface area contributed by atoms with Crippen molar-refractivity contribution in [1.82, 2.24) is 4.98 Å². The average molecular weight is 310 g/mol. The second-order valence-electron chi connectivity index (χ2n) is 4.48. The zero-order chi connectivity index (χ0) is 15.6. The van der Waals surface area contributed by atoms with Crippen LogP contribution in [-0.2, 0) is 9.84 Å². The van der Waals surface area contributed by atoms with Crippen LogP contribution in [0.25, 0.3) is 17.0 Å². The summed E-state index contributed by atoms with van der Waals surface area (Å²) in [5.41, 5.74) is 0.626. The van der Waals surface area contributed by atoms with Crippen LogP contribution in [-0.4, -0.2) is 13.4 Å². The molecule has 108 valence electrons. The Morgan fingerprint density at radius 1 is 1.18 bits per heavy atom. The van der Waals surface area contributed by atoms with Crippen molar-refractivity contribution in [1.29, 1.82) is 5.26 Å². The maximum absolute atomic E-state index is 12.4. The molecule has 0 N–H and O–H groups in total. The number of nitriles is 1. The first kappa shape index (κ1) is 14.0. The van der Waals surface area contributed by atoms with Crippen LogP contribution in [0.4, 0.5) is 0 Å². The fourth-order valence-corrected chi connectivity index (χ4v) is 3.07. The normalized spacial score (nSPS) is 12.2. The highest BCUT2D eigenvalue weighted by atomic mass is 32.2. The number of rotatable bonds is 3. The molecule has 3 rings (SSSR count). The minimum atomic E-state index is -3.96. The van der Waals surface area contributed by atoms with Crippen molar-refractivity contribution in [2.24, 2.45) is 0 Å². The minimum absolute atomic E-state index is 0.168. The van der Waals surface area contributed by atoms with Crippen LogP contribution in [0.2, 0.25) is 0 Å². The summed E-state index contributed by atoms with van der Waals surface area (Å²) in [6.07, 6.45) is 2.58. The van der Waals surface area contributed by atoms with E-state index in [1.807, 2.05) is 18.2 Å². The van der Waals surface area contributed by atoms with Crippen LogP contribution in [0.5, 0.6) is 0 Å². The highest BCUT2D eigenvalue weighted by Gasteiger charge is 2.22. The lowest BCUT2D eigenvalue weighted by Crippen LogP contribution is -2.05. The Labute approximate surface area is 127 Å². The maximum atomic E-state index is 12.4. The van der Waals surface area contributed by atoms with Crippen molar-refractivity contribution >= 4 is 26.9 Å². The molecule has 0 radical (unpaired) electrons. The van der Waals surface area contributed by atoms with E-state index in [9.17, 15) is 13.7 Å². The van der Waals surface area contributed by atoms with Crippen LogP contribution in [0, 0.1) is 11.3 Å². The third-order valence-electron chi connectivity index (χ3n) is 3.03. The summed E-state index contributed by atoms with van der Waals surface area (Å²) in [4.78, 5) is 3.38. The second-order valence-corrected chi connectivity index (χ2v) is 6.34. The summed E-state index contributed by atoms with van der Waals surface area (Å²) in [6.45, 7) is 0. The number of allylic oxidation sites excluding steroid dienone is 1. The van der Waals surface area contributed by atoms with E-state index < -0.39 is 14.7 Å². The third kappa shape index (κ3) is 2.50. The molecular formula is C16H10N2O3S. The number of aromatic nitrogens is 1. The van der Waals surface area contributed by atoms with Crippen molar-refractivity contribution in [2.45, 2.75) is 5.03 Å². The Morgan fingerprint density at radius 3 is 2.64 bits per heavy atom. The highest BCUT2D eigenvalue weighted by Crippen LogP contribution is 2.24. The number of benzene rings is 1. The first-order valence-corrected chi connectivity index (χ1v) is 7.86. The Kier molecular flexibility index (Phi) is 3.49. The number of hydrogen-bond donors (Lipinski definition) is 0. The molecule has 0 spiro atoms. The largest absolute Gasteiger partial charge is 0.457 e. The van der Waals surface area contributed by atoms with Crippen LogP contribution >= 0.6 is 0 Å². The van der Waals surface area contributed by atoms with Crippen molar-refractivity contribution in [3.8, 4) is 6.07 Å². The van der Waals surface area contributed by atoms with E-state index in [0.29, 0.717) is 11.3 Å². The summed E-state index contributed by atoms with van der Waals surface area (Å²) in [5, 5.41) is 9.86. The minimum Gasteiger partial charge on any atom is -0.457 e. The number of pyridine rings is 1. The first-order valence-electron chi connectivity index (χ1n) is 6.38. The molecule has 0 atom stereocenters. The van der Waals surface area contributed by atoms with Gasteiger partial charge < -0.3 is 4.42 Å². The molecule has 3 aromatic rings. The fourth-order valence-electron chi connectivity index (χ4n) is 1.99. The van der Waals surface area contributed by atoms with Gasteiger partial charge in [-0.2, -0.15) is 5.26 Å². The molecule has 0 unspecified atom stereocenters. The topological polar surface area (TPSA) is 84.0 Å². The van der Waals surface area contributed by atoms with Gasteiger partial charge in [-0.1, -0.05) is 24.3 Å². The Balaban J connectivity index is 2.09. The standard InChI is InChI=1S/C16H10N2O3S/c17-11-14(22(19,20)16-7-3-4-8-18-16)10-13-9-12-5-1-2-6-15(12)21-13/h1-10H/b14-10-. The van der Waals surface area contributed by atoms with Gasteiger partial charge in [0.25, 0.3) is 0 Å². The number of fused-ring (bicyclic) bond motifs is 1. The van der Waals surface area contributed by atoms with Crippen LogP contribution < -0.4 is 0 Å². The molecule has 0 fully saturated rings. The van der Waals surface area contributed by atoms with E-state index in [-0.39, 0.29) is 5.03 Å². The molecule has 0 aliphatic carbocycles. The van der Waals surface area contributed by atoms with E-state index in [1.54, 1.807) is 30.3 Å². The molecule has 0 aliphatic rings. The van der Waals surface area contributed by atoms with Gasteiger partial charge in [0.2, 0.25) is 9.84 Å². The summed E-state index contributed by atoms with van der Waals surface area (Å²) in [6, 6.07) is 15.2.